The number of ether oxygens (including phenoxy) is 1. The molecule has 1 heterocycles. The minimum atomic E-state index is -0.0315. The third kappa shape index (κ3) is 4.48. The van der Waals surface area contributed by atoms with Gasteiger partial charge in [-0.05, 0) is 30.5 Å². The zero-order valence-electron chi connectivity index (χ0n) is 15.9. The van der Waals surface area contributed by atoms with E-state index in [2.05, 4.69) is 0 Å². The summed E-state index contributed by atoms with van der Waals surface area (Å²) < 4.78 is 5.30. The molecule has 0 atom stereocenters. The van der Waals surface area contributed by atoms with E-state index in [9.17, 15) is 9.59 Å². The highest BCUT2D eigenvalue weighted by Gasteiger charge is 2.30. The van der Waals surface area contributed by atoms with Crippen molar-refractivity contribution in [2.75, 3.05) is 27.2 Å². The molecule has 0 aliphatic carbocycles. The van der Waals surface area contributed by atoms with E-state index >= 15 is 0 Å². The molecular formula is C22H26N2O3. The van der Waals surface area contributed by atoms with Crippen LogP contribution >= 0.6 is 0 Å². The highest BCUT2D eigenvalue weighted by Crippen LogP contribution is 2.24. The van der Waals surface area contributed by atoms with Crippen molar-refractivity contribution in [1.82, 2.24) is 9.80 Å². The molecule has 0 bridgehead atoms. The van der Waals surface area contributed by atoms with Gasteiger partial charge in [-0.25, -0.2) is 0 Å². The molecular weight excluding hydrogens is 340 g/mol. The summed E-state index contributed by atoms with van der Waals surface area (Å²) in [6, 6.07) is 17.3. The Morgan fingerprint density at radius 1 is 1.04 bits per heavy atom. The van der Waals surface area contributed by atoms with Crippen LogP contribution in [0.2, 0.25) is 0 Å². The van der Waals surface area contributed by atoms with Crippen molar-refractivity contribution in [2.45, 2.75) is 19.4 Å². The van der Waals surface area contributed by atoms with Crippen molar-refractivity contribution in [2.24, 2.45) is 5.92 Å². The first-order valence-electron chi connectivity index (χ1n) is 9.31. The van der Waals surface area contributed by atoms with Gasteiger partial charge in [-0.2, -0.15) is 0 Å². The number of amides is 2. The lowest BCUT2D eigenvalue weighted by Gasteiger charge is -2.33. The van der Waals surface area contributed by atoms with E-state index in [1.54, 1.807) is 24.1 Å². The molecule has 0 saturated carbocycles. The van der Waals surface area contributed by atoms with Crippen LogP contribution in [0, 0.1) is 5.92 Å². The number of methoxy groups -OCH3 is 1. The van der Waals surface area contributed by atoms with E-state index in [0.717, 1.165) is 5.56 Å². The van der Waals surface area contributed by atoms with Crippen LogP contribution in [0.4, 0.5) is 0 Å². The van der Waals surface area contributed by atoms with Crippen LogP contribution < -0.4 is 4.74 Å². The lowest BCUT2D eigenvalue weighted by Crippen LogP contribution is -2.43. The van der Waals surface area contributed by atoms with Gasteiger partial charge in [-0.1, -0.05) is 42.5 Å². The Morgan fingerprint density at radius 2 is 1.67 bits per heavy atom. The number of likely N-dealkylation sites (tertiary alicyclic amines) is 1. The van der Waals surface area contributed by atoms with Crippen LogP contribution in [0.3, 0.4) is 0 Å². The molecule has 0 unspecified atom stereocenters. The highest BCUT2D eigenvalue weighted by atomic mass is 16.5. The smallest absolute Gasteiger partial charge is 0.257 e. The first-order valence-corrected chi connectivity index (χ1v) is 9.31. The third-order valence-corrected chi connectivity index (χ3v) is 5.11. The zero-order chi connectivity index (χ0) is 19.2. The van der Waals surface area contributed by atoms with E-state index in [1.807, 2.05) is 54.4 Å². The molecule has 27 heavy (non-hydrogen) atoms. The highest BCUT2D eigenvalue weighted by molar-refractivity contribution is 5.97. The van der Waals surface area contributed by atoms with Gasteiger partial charge in [0.2, 0.25) is 5.91 Å². The fourth-order valence-electron chi connectivity index (χ4n) is 3.57. The molecule has 0 radical (unpaired) electrons. The molecule has 5 nitrogen and oxygen atoms in total. The number of para-hydroxylation sites is 1. The van der Waals surface area contributed by atoms with Gasteiger partial charge in [-0.3, -0.25) is 9.59 Å². The maximum absolute atomic E-state index is 12.8. The monoisotopic (exact) mass is 366 g/mol. The average molecular weight is 366 g/mol. The summed E-state index contributed by atoms with van der Waals surface area (Å²) in [6.45, 7) is 1.79. The van der Waals surface area contributed by atoms with Crippen LogP contribution in [-0.2, 0) is 11.3 Å². The SMILES string of the molecule is COc1ccccc1C(=O)N1CCC(C(=O)N(C)Cc2ccccc2)CC1. The summed E-state index contributed by atoms with van der Waals surface area (Å²) in [5.41, 5.74) is 1.70. The van der Waals surface area contributed by atoms with Gasteiger partial charge in [0.15, 0.2) is 0 Å². The van der Waals surface area contributed by atoms with Gasteiger partial charge in [-0.15, -0.1) is 0 Å². The van der Waals surface area contributed by atoms with Gasteiger partial charge >= 0.3 is 0 Å². The van der Waals surface area contributed by atoms with Crippen molar-refractivity contribution < 1.29 is 14.3 Å². The Bertz CT molecular complexity index is 783. The molecule has 1 aliphatic heterocycles. The van der Waals surface area contributed by atoms with E-state index in [1.165, 1.54) is 0 Å². The fourth-order valence-corrected chi connectivity index (χ4v) is 3.57. The number of carbonyl (C=O) groups excluding carboxylic acids is 2. The van der Waals surface area contributed by atoms with Crippen molar-refractivity contribution in [3.63, 3.8) is 0 Å². The van der Waals surface area contributed by atoms with E-state index in [0.29, 0.717) is 43.8 Å². The molecule has 2 aromatic rings. The Labute approximate surface area is 160 Å². The number of hydrogen-bond acceptors (Lipinski definition) is 3. The predicted octanol–water partition coefficient (Wildman–Crippen LogP) is 3.21. The largest absolute Gasteiger partial charge is 0.496 e. The van der Waals surface area contributed by atoms with Gasteiger partial charge < -0.3 is 14.5 Å². The summed E-state index contributed by atoms with van der Waals surface area (Å²) in [6.07, 6.45) is 1.39. The lowest BCUT2D eigenvalue weighted by atomic mass is 9.94. The first kappa shape index (κ1) is 19.0. The van der Waals surface area contributed by atoms with Crippen molar-refractivity contribution in [1.29, 1.82) is 0 Å². The normalized spacial score (nSPS) is 14.7. The Balaban J connectivity index is 1.56. The maximum Gasteiger partial charge on any atom is 0.257 e. The summed E-state index contributed by atoms with van der Waals surface area (Å²) >= 11 is 0. The maximum atomic E-state index is 12.8. The first-order chi connectivity index (χ1) is 13.1. The molecule has 0 aromatic heterocycles. The van der Waals surface area contributed by atoms with Gasteiger partial charge in [0.05, 0.1) is 12.7 Å². The molecule has 0 N–H and O–H groups in total. The van der Waals surface area contributed by atoms with Crippen LogP contribution in [0.5, 0.6) is 5.75 Å². The average Bonchev–Trinajstić information content (AvgIpc) is 2.73. The summed E-state index contributed by atoms with van der Waals surface area (Å²) in [5.74, 6) is 0.683. The van der Waals surface area contributed by atoms with Crippen LogP contribution in [-0.4, -0.2) is 48.9 Å². The number of benzene rings is 2. The van der Waals surface area contributed by atoms with Crippen molar-refractivity contribution in [3.05, 3.63) is 65.7 Å². The molecule has 5 heteroatoms. The standard InChI is InChI=1S/C22H26N2O3/c1-23(16-17-8-4-3-5-9-17)21(25)18-12-14-24(15-13-18)22(26)19-10-6-7-11-20(19)27-2/h3-11,18H,12-16H2,1-2H3. The van der Waals surface area contributed by atoms with Gasteiger partial charge in [0.1, 0.15) is 5.75 Å². The number of carbonyl (C=O) groups is 2. The number of rotatable bonds is 5. The molecule has 2 amide bonds. The van der Waals surface area contributed by atoms with Gasteiger partial charge in [0.25, 0.3) is 5.91 Å². The van der Waals surface area contributed by atoms with Crippen LogP contribution in [0.15, 0.2) is 54.6 Å². The number of nitrogens with zero attached hydrogens (tertiary/aromatic N) is 2. The van der Waals surface area contributed by atoms with E-state index in [-0.39, 0.29) is 17.7 Å². The summed E-state index contributed by atoms with van der Waals surface area (Å²) in [4.78, 5) is 29.1. The van der Waals surface area contributed by atoms with E-state index < -0.39 is 0 Å². The molecule has 1 fully saturated rings. The van der Waals surface area contributed by atoms with Crippen molar-refractivity contribution >= 4 is 11.8 Å². The minimum absolute atomic E-state index is 0.0274. The fraction of sp³-hybridized carbons (Fsp3) is 0.364. The van der Waals surface area contributed by atoms with Gasteiger partial charge in [0, 0.05) is 32.6 Å². The second-order valence-corrected chi connectivity index (χ2v) is 6.95. The minimum Gasteiger partial charge on any atom is -0.496 e. The Hall–Kier alpha value is -2.82. The molecule has 0 spiro atoms. The second kappa shape index (κ2) is 8.71. The predicted molar refractivity (Wildman–Crippen MR) is 105 cm³/mol. The molecule has 1 saturated heterocycles. The van der Waals surface area contributed by atoms with Crippen LogP contribution in [0.25, 0.3) is 0 Å². The van der Waals surface area contributed by atoms with E-state index in [4.69, 9.17) is 4.74 Å². The second-order valence-electron chi connectivity index (χ2n) is 6.95. The molecule has 1 aliphatic rings. The molecule has 142 valence electrons. The molecule has 2 aromatic carbocycles. The zero-order valence-corrected chi connectivity index (χ0v) is 15.9. The number of piperidine rings is 1. The lowest BCUT2D eigenvalue weighted by molar-refractivity contribution is -0.136. The van der Waals surface area contributed by atoms with Crippen molar-refractivity contribution in [3.8, 4) is 5.75 Å². The Kier molecular flexibility index (Phi) is 6.12. The molecule has 3 rings (SSSR count). The Morgan fingerprint density at radius 3 is 2.33 bits per heavy atom. The summed E-state index contributed by atoms with van der Waals surface area (Å²) in [7, 11) is 3.42. The van der Waals surface area contributed by atoms with Crippen LogP contribution in [0.1, 0.15) is 28.8 Å². The quantitative estimate of drug-likeness (QED) is 0.816. The number of hydrogen-bond donors (Lipinski definition) is 0. The topological polar surface area (TPSA) is 49.9 Å². The third-order valence-electron chi connectivity index (χ3n) is 5.11. The summed E-state index contributed by atoms with van der Waals surface area (Å²) in [5, 5.41) is 0.